The Morgan fingerprint density at radius 3 is 1.64 bits per heavy atom. The first-order valence-corrected chi connectivity index (χ1v) is 17.6. The molecule has 0 aliphatic heterocycles. The number of benzene rings is 3. The van der Waals surface area contributed by atoms with Gasteiger partial charge in [-0.25, -0.2) is 4.57 Å². The summed E-state index contributed by atoms with van der Waals surface area (Å²) in [4.78, 5) is 12.9. The van der Waals surface area contributed by atoms with Crippen LogP contribution in [-0.4, -0.2) is 25.2 Å². The molecule has 0 saturated heterocycles. The average molecular weight is 624 g/mol. The van der Waals surface area contributed by atoms with E-state index in [4.69, 9.17) is 18.3 Å². The van der Waals surface area contributed by atoms with E-state index >= 15 is 0 Å². The van der Waals surface area contributed by atoms with Crippen LogP contribution in [0.5, 0.6) is 5.75 Å². The number of hydrogen-bond donors (Lipinski definition) is 1. The van der Waals surface area contributed by atoms with Crippen molar-refractivity contribution in [3.05, 3.63) is 102 Å². The van der Waals surface area contributed by atoms with Crippen LogP contribution in [0, 0.1) is 0 Å². The first-order chi connectivity index (χ1) is 21.6. The van der Waals surface area contributed by atoms with E-state index in [0.29, 0.717) is 12.2 Å². The third kappa shape index (κ3) is 15.7. The molecule has 0 fully saturated rings. The molecule has 7 nitrogen and oxygen atoms in total. The van der Waals surface area contributed by atoms with Gasteiger partial charge in [0.25, 0.3) is 0 Å². The van der Waals surface area contributed by atoms with E-state index in [1.54, 1.807) is 0 Å². The lowest BCUT2D eigenvalue weighted by Crippen LogP contribution is -2.42. The molecule has 0 heterocycles. The maximum atomic E-state index is 13.8. The van der Waals surface area contributed by atoms with Gasteiger partial charge in [0.05, 0.1) is 25.9 Å². The van der Waals surface area contributed by atoms with Crippen molar-refractivity contribution < 1.29 is 27.7 Å². The van der Waals surface area contributed by atoms with E-state index in [2.05, 4.69) is 12.2 Å². The first kappa shape index (κ1) is 35.5. The van der Waals surface area contributed by atoms with E-state index in [0.717, 1.165) is 30.4 Å². The van der Waals surface area contributed by atoms with Crippen LogP contribution in [0.1, 0.15) is 88.7 Å². The maximum absolute atomic E-state index is 13.8. The highest BCUT2D eigenvalue weighted by Gasteiger charge is 2.29. The summed E-state index contributed by atoms with van der Waals surface area (Å²) in [6, 6.07) is 27.7. The molecule has 1 N–H and O–H groups in total. The molecule has 0 bridgehead atoms. The summed E-state index contributed by atoms with van der Waals surface area (Å²) in [6.07, 6.45) is 12.5. The molecule has 44 heavy (non-hydrogen) atoms. The highest BCUT2D eigenvalue weighted by Crippen LogP contribution is 2.51. The lowest BCUT2D eigenvalue weighted by atomic mass is 10.1. The van der Waals surface area contributed by atoms with Gasteiger partial charge in [0.15, 0.2) is 0 Å². The van der Waals surface area contributed by atoms with Crippen LogP contribution < -0.4 is 10.1 Å². The minimum atomic E-state index is -4.00. The Morgan fingerprint density at radius 1 is 0.636 bits per heavy atom. The molecule has 0 spiro atoms. The second kappa shape index (κ2) is 21.7. The van der Waals surface area contributed by atoms with Crippen LogP contribution in [0.2, 0.25) is 0 Å². The molecule has 0 saturated carbocycles. The number of ether oxygens (including phenoxy) is 1. The molecule has 0 aliphatic carbocycles. The van der Waals surface area contributed by atoms with E-state index < -0.39 is 13.9 Å². The highest BCUT2D eigenvalue weighted by molar-refractivity contribution is 7.48. The minimum absolute atomic E-state index is 0.0587. The predicted octanol–water partition coefficient (Wildman–Crippen LogP) is 9.42. The van der Waals surface area contributed by atoms with E-state index in [-0.39, 0.29) is 32.3 Å². The molecule has 3 aromatic rings. The molecule has 8 heteroatoms. The topological polar surface area (TPSA) is 83.1 Å². The Balaban J connectivity index is 1.53. The Hall–Kier alpha value is -2.96. The molecule has 3 aromatic carbocycles. The van der Waals surface area contributed by atoms with Crippen LogP contribution in [0.15, 0.2) is 91.0 Å². The van der Waals surface area contributed by atoms with Gasteiger partial charge in [0.2, 0.25) is 5.91 Å². The quantitative estimate of drug-likeness (QED) is 0.0791. The van der Waals surface area contributed by atoms with Gasteiger partial charge in [0, 0.05) is 6.42 Å². The Morgan fingerprint density at radius 2 is 1.11 bits per heavy atom. The molecule has 0 aromatic heterocycles. The Kier molecular flexibility index (Phi) is 17.5. The monoisotopic (exact) mass is 623 g/mol. The summed E-state index contributed by atoms with van der Waals surface area (Å²) in [5, 5.41) is 3.02. The molecule has 1 amide bonds. The van der Waals surface area contributed by atoms with Crippen molar-refractivity contribution in [2.75, 3.05) is 13.2 Å². The number of phosphoric ester groups is 1. The fourth-order valence-corrected chi connectivity index (χ4v) is 5.87. The van der Waals surface area contributed by atoms with Gasteiger partial charge in [-0.05, 0) is 29.7 Å². The normalized spacial score (nSPS) is 12.1. The molecular weight excluding hydrogens is 573 g/mol. The van der Waals surface area contributed by atoms with Crippen molar-refractivity contribution in [2.24, 2.45) is 0 Å². The van der Waals surface area contributed by atoms with Crippen LogP contribution in [0.4, 0.5) is 0 Å². The summed E-state index contributed by atoms with van der Waals surface area (Å²) in [5.74, 6) is 0.588. The minimum Gasteiger partial charge on any atom is -0.491 e. The standard InChI is InChI=1S/C36H50NO6P/c1-2-3-4-5-6-7-8-9-10-20-27-36(38)37-34(30-40-35-25-18-13-19-26-35)31-43-44(39,41-28-32-21-14-11-15-22-32)42-29-33-23-16-12-17-24-33/h11-19,21-26,34H,2-10,20,27-31H2,1H3,(H,37,38)/t34-/m1/s1. The molecule has 1 atom stereocenters. The lowest BCUT2D eigenvalue weighted by Gasteiger charge is -2.23. The third-order valence-electron chi connectivity index (χ3n) is 7.22. The van der Waals surface area contributed by atoms with Gasteiger partial charge in [-0.2, -0.15) is 0 Å². The van der Waals surface area contributed by atoms with Crippen molar-refractivity contribution in [1.82, 2.24) is 5.32 Å². The summed E-state index contributed by atoms with van der Waals surface area (Å²) in [7, 11) is -4.00. The van der Waals surface area contributed by atoms with Crippen LogP contribution in [-0.2, 0) is 36.1 Å². The van der Waals surface area contributed by atoms with Crippen LogP contribution in [0.3, 0.4) is 0 Å². The largest absolute Gasteiger partial charge is 0.491 e. The predicted molar refractivity (Wildman–Crippen MR) is 176 cm³/mol. The maximum Gasteiger partial charge on any atom is 0.475 e. The van der Waals surface area contributed by atoms with E-state index in [1.165, 1.54) is 44.9 Å². The fraction of sp³-hybridized carbons (Fsp3) is 0.472. The van der Waals surface area contributed by atoms with Gasteiger partial charge in [-0.3, -0.25) is 18.4 Å². The fourth-order valence-electron chi connectivity index (χ4n) is 4.67. The van der Waals surface area contributed by atoms with Crippen LogP contribution >= 0.6 is 7.82 Å². The van der Waals surface area contributed by atoms with Crippen molar-refractivity contribution in [2.45, 2.75) is 96.8 Å². The number of hydrogen-bond acceptors (Lipinski definition) is 6. The summed E-state index contributed by atoms with van der Waals surface area (Å²) in [6.45, 7) is 2.40. The molecule has 0 radical (unpaired) electrons. The van der Waals surface area contributed by atoms with Gasteiger partial charge in [-0.15, -0.1) is 0 Å². The number of carbonyl (C=O) groups is 1. The van der Waals surface area contributed by atoms with E-state index in [9.17, 15) is 9.36 Å². The zero-order valence-corrected chi connectivity index (χ0v) is 27.1. The van der Waals surface area contributed by atoms with E-state index in [1.807, 2.05) is 91.0 Å². The van der Waals surface area contributed by atoms with Crippen LogP contribution in [0.25, 0.3) is 0 Å². The summed E-state index contributed by atoms with van der Waals surface area (Å²) >= 11 is 0. The smallest absolute Gasteiger partial charge is 0.475 e. The second-order valence-corrected chi connectivity index (χ2v) is 12.8. The number of carbonyl (C=O) groups excluding carboxylic acids is 1. The molecule has 3 rings (SSSR count). The van der Waals surface area contributed by atoms with Crippen molar-refractivity contribution >= 4 is 13.7 Å². The van der Waals surface area contributed by atoms with Crippen molar-refractivity contribution in [1.29, 1.82) is 0 Å². The first-order valence-electron chi connectivity index (χ1n) is 16.1. The molecule has 0 unspecified atom stereocenters. The number of unbranched alkanes of at least 4 members (excludes halogenated alkanes) is 9. The Bertz CT molecular complexity index is 1150. The number of para-hydroxylation sites is 1. The number of nitrogens with one attached hydrogen (secondary N) is 1. The average Bonchev–Trinajstić information content (AvgIpc) is 3.06. The van der Waals surface area contributed by atoms with Crippen molar-refractivity contribution in [3.63, 3.8) is 0 Å². The van der Waals surface area contributed by atoms with Gasteiger partial charge in [-0.1, -0.05) is 144 Å². The molecular formula is C36H50NO6P. The third-order valence-corrected chi connectivity index (χ3v) is 8.57. The van der Waals surface area contributed by atoms with Gasteiger partial charge < -0.3 is 10.1 Å². The number of phosphoric acid groups is 1. The highest BCUT2D eigenvalue weighted by atomic mass is 31.2. The number of amides is 1. The van der Waals surface area contributed by atoms with Gasteiger partial charge in [0.1, 0.15) is 12.4 Å². The number of rotatable bonds is 24. The second-order valence-electron chi connectivity index (χ2n) is 11.1. The van der Waals surface area contributed by atoms with Gasteiger partial charge >= 0.3 is 7.82 Å². The van der Waals surface area contributed by atoms with Crippen molar-refractivity contribution in [3.8, 4) is 5.75 Å². The Labute approximate surface area is 264 Å². The SMILES string of the molecule is CCCCCCCCCCCCC(=O)N[C@H](COc1ccccc1)COP(=O)(OCc1ccccc1)OCc1ccccc1. The molecule has 240 valence electrons. The zero-order valence-electron chi connectivity index (χ0n) is 26.2. The summed E-state index contributed by atoms with van der Waals surface area (Å²) < 4.78 is 37.1. The molecule has 0 aliphatic rings. The lowest BCUT2D eigenvalue weighted by molar-refractivity contribution is -0.122. The summed E-state index contributed by atoms with van der Waals surface area (Å²) in [5.41, 5.74) is 1.68. The zero-order chi connectivity index (χ0) is 31.1.